The third-order valence-corrected chi connectivity index (χ3v) is 3.71. The molecule has 1 aromatic carbocycles. The zero-order valence-corrected chi connectivity index (χ0v) is 11.3. The van der Waals surface area contributed by atoms with Gasteiger partial charge < -0.3 is 10.5 Å². The van der Waals surface area contributed by atoms with Gasteiger partial charge in [0.15, 0.2) is 5.75 Å². The maximum Gasteiger partial charge on any atom is 0.156 e. The molecule has 2 N–H and O–H groups in total. The molecule has 0 aliphatic heterocycles. The Labute approximate surface area is 109 Å². The number of hydrogen-bond acceptors (Lipinski definition) is 2. The molecular formula is C13H17BrFNO. The van der Waals surface area contributed by atoms with Crippen molar-refractivity contribution in [2.45, 2.75) is 44.6 Å². The summed E-state index contributed by atoms with van der Waals surface area (Å²) >= 11 is 3.30. The molecule has 1 saturated carbocycles. The van der Waals surface area contributed by atoms with Gasteiger partial charge >= 0.3 is 0 Å². The van der Waals surface area contributed by atoms with Gasteiger partial charge in [0.25, 0.3) is 0 Å². The Morgan fingerprint density at radius 2 is 1.82 bits per heavy atom. The molecule has 1 aliphatic carbocycles. The maximum absolute atomic E-state index is 13.1. The highest BCUT2D eigenvalue weighted by atomic mass is 79.9. The SMILES string of the molecule is Nc1cc(F)cc(Br)c1OC1CCCCCC1. The number of ether oxygens (including phenoxy) is 1. The first-order valence-electron chi connectivity index (χ1n) is 6.08. The smallest absolute Gasteiger partial charge is 0.156 e. The summed E-state index contributed by atoms with van der Waals surface area (Å²) in [6.07, 6.45) is 7.28. The summed E-state index contributed by atoms with van der Waals surface area (Å²) in [6, 6.07) is 2.69. The fourth-order valence-electron chi connectivity index (χ4n) is 2.23. The van der Waals surface area contributed by atoms with Gasteiger partial charge in [-0.1, -0.05) is 12.8 Å². The number of halogens is 2. The lowest BCUT2D eigenvalue weighted by molar-refractivity contribution is 0.183. The van der Waals surface area contributed by atoms with Crippen molar-refractivity contribution < 1.29 is 9.13 Å². The minimum atomic E-state index is -0.345. The fourth-order valence-corrected chi connectivity index (χ4v) is 2.77. The van der Waals surface area contributed by atoms with Crippen LogP contribution < -0.4 is 10.5 Å². The zero-order chi connectivity index (χ0) is 12.3. The summed E-state index contributed by atoms with van der Waals surface area (Å²) in [7, 11) is 0. The molecule has 1 aromatic rings. The first-order chi connectivity index (χ1) is 8.16. The molecule has 0 bridgehead atoms. The Morgan fingerprint density at radius 3 is 2.41 bits per heavy atom. The van der Waals surface area contributed by atoms with Gasteiger partial charge in [-0.05, 0) is 47.7 Å². The predicted molar refractivity (Wildman–Crippen MR) is 70.6 cm³/mol. The monoisotopic (exact) mass is 301 g/mol. The first kappa shape index (κ1) is 12.7. The second-order valence-corrected chi connectivity index (χ2v) is 5.39. The number of hydrogen-bond donors (Lipinski definition) is 1. The summed E-state index contributed by atoms with van der Waals surface area (Å²) in [5, 5.41) is 0. The first-order valence-corrected chi connectivity index (χ1v) is 6.87. The van der Waals surface area contributed by atoms with Crippen LogP contribution >= 0.6 is 15.9 Å². The van der Waals surface area contributed by atoms with Crippen LogP contribution in [0.4, 0.5) is 10.1 Å². The van der Waals surface area contributed by atoms with Crippen LogP contribution in [0.15, 0.2) is 16.6 Å². The van der Waals surface area contributed by atoms with Crippen LogP contribution in [0, 0.1) is 5.82 Å². The van der Waals surface area contributed by atoms with Gasteiger partial charge in [-0.15, -0.1) is 0 Å². The Hall–Kier alpha value is -0.770. The normalized spacial score (nSPS) is 17.8. The van der Waals surface area contributed by atoms with Crippen molar-refractivity contribution in [3.05, 3.63) is 22.4 Å². The Kier molecular flexibility index (Phi) is 4.26. The Balaban J connectivity index is 2.11. The molecule has 2 nitrogen and oxygen atoms in total. The van der Waals surface area contributed by atoms with E-state index in [-0.39, 0.29) is 11.9 Å². The molecular weight excluding hydrogens is 285 g/mol. The summed E-state index contributed by atoms with van der Waals surface area (Å²) in [5.74, 6) is 0.237. The molecule has 0 aromatic heterocycles. The average molecular weight is 302 g/mol. The van der Waals surface area contributed by atoms with Gasteiger partial charge in [-0.25, -0.2) is 4.39 Å². The van der Waals surface area contributed by atoms with Crippen LogP contribution in [0.25, 0.3) is 0 Å². The highest BCUT2D eigenvalue weighted by Gasteiger charge is 2.17. The van der Waals surface area contributed by atoms with Crippen LogP contribution in [0.5, 0.6) is 5.75 Å². The highest BCUT2D eigenvalue weighted by molar-refractivity contribution is 9.10. The van der Waals surface area contributed by atoms with Crippen LogP contribution in [-0.2, 0) is 0 Å². The van der Waals surface area contributed by atoms with Crippen molar-refractivity contribution in [2.24, 2.45) is 0 Å². The van der Waals surface area contributed by atoms with Crippen LogP contribution in [0.2, 0.25) is 0 Å². The average Bonchev–Trinajstić information content (AvgIpc) is 2.51. The van der Waals surface area contributed by atoms with E-state index in [0.717, 1.165) is 12.8 Å². The molecule has 0 amide bonds. The van der Waals surface area contributed by atoms with Crippen LogP contribution in [0.1, 0.15) is 38.5 Å². The molecule has 1 aliphatic rings. The minimum absolute atomic E-state index is 0.210. The summed E-state index contributed by atoms with van der Waals surface area (Å²) in [4.78, 5) is 0. The summed E-state index contributed by atoms with van der Waals surface area (Å²) < 4.78 is 19.6. The number of anilines is 1. The highest BCUT2D eigenvalue weighted by Crippen LogP contribution is 2.34. The van der Waals surface area contributed by atoms with E-state index in [2.05, 4.69) is 15.9 Å². The molecule has 0 spiro atoms. The van der Waals surface area contributed by atoms with E-state index in [0.29, 0.717) is 15.9 Å². The van der Waals surface area contributed by atoms with Crippen molar-refractivity contribution in [3.63, 3.8) is 0 Å². The molecule has 17 heavy (non-hydrogen) atoms. The minimum Gasteiger partial charge on any atom is -0.487 e. The Bertz CT molecular complexity index is 366. The van der Waals surface area contributed by atoms with Gasteiger partial charge in [0.2, 0.25) is 0 Å². The van der Waals surface area contributed by atoms with Crippen LogP contribution in [-0.4, -0.2) is 6.10 Å². The number of nitrogens with two attached hydrogens (primary N) is 1. The lowest BCUT2D eigenvalue weighted by atomic mass is 10.1. The molecule has 0 atom stereocenters. The largest absolute Gasteiger partial charge is 0.487 e. The van der Waals surface area contributed by atoms with E-state index in [9.17, 15) is 4.39 Å². The second-order valence-electron chi connectivity index (χ2n) is 4.54. The van der Waals surface area contributed by atoms with Crippen LogP contribution in [0.3, 0.4) is 0 Å². The topological polar surface area (TPSA) is 35.2 Å². The van der Waals surface area contributed by atoms with Gasteiger partial charge in [-0.2, -0.15) is 0 Å². The van der Waals surface area contributed by atoms with Crippen molar-refractivity contribution in [1.29, 1.82) is 0 Å². The van der Waals surface area contributed by atoms with Gasteiger partial charge in [0.05, 0.1) is 16.3 Å². The third kappa shape index (κ3) is 3.35. The van der Waals surface area contributed by atoms with Crippen molar-refractivity contribution >= 4 is 21.6 Å². The van der Waals surface area contributed by atoms with Gasteiger partial charge in [0.1, 0.15) is 5.82 Å². The van der Waals surface area contributed by atoms with E-state index in [1.54, 1.807) is 0 Å². The van der Waals surface area contributed by atoms with E-state index >= 15 is 0 Å². The van der Waals surface area contributed by atoms with Gasteiger partial charge in [0, 0.05) is 6.07 Å². The zero-order valence-electron chi connectivity index (χ0n) is 9.72. The quantitative estimate of drug-likeness (QED) is 0.654. The number of nitrogen functional groups attached to an aromatic ring is 1. The molecule has 0 saturated heterocycles. The third-order valence-electron chi connectivity index (χ3n) is 3.12. The molecule has 0 radical (unpaired) electrons. The second kappa shape index (κ2) is 5.71. The summed E-state index contributed by atoms with van der Waals surface area (Å²) in [6.45, 7) is 0. The van der Waals surface area contributed by atoms with Gasteiger partial charge in [-0.3, -0.25) is 0 Å². The molecule has 94 valence electrons. The van der Waals surface area contributed by atoms with E-state index in [1.807, 2.05) is 0 Å². The standard InChI is InChI=1S/C13H17BrFNO/c14-11-7-9(15)8-12(16)13(11)17-10-5-3-1-2-4-6-10/h7-8,10H,1-6,16H2. The fraction of sp³-hybridized carbons (Fsp3) is 0.538. The van der Waals surface area contributed by atoms with Crippen molar-refractivity contribution in [2.75, 3.05) is 5.73 Å². The van der Waals surface area contributed by atoms with Crippen molar-refractivity contribution in [3.8, 4) is 5.75 Å². The maximum atomic E-state index is 13.1. The Morgan fingerprint density at radius 1 is 1.18 bits per heavy atom. The molecule has 0 heterocycles. The molecule has 1 fully saturated rings. The summed E-state index contributed by atoms with van der Waals surface area (Å²) in [5.41, 5.74) is 6.15. The van der Waals surface area contributed by atoms with Crippen molar-refractivity contribution in [1.82, 2.24) is 0 Å². The number of rotatable bonds is 2. The molecule has 2 rings (SSSR count). The van der Waals surface area contributed by atoms with E-state index in [4.69, 9.17) is 10.5 Å². The lowest BCUT2D eigenvalue weighted by Gasteiger charge is -2.19. The predicted octanol–water partition coefficient (Wildman–Crippen LogP) is 4.27. The lowest BCUT2D eigenvalue weighted by Crippen LogP contribution is -2.16. The van der Waals surface area contributed by atoms with E-state index < -0.39 is 0 Å². The molecule has 4 heteroatoms. The van der Waals surface area contributed by atoms with E-state index in [1.165, 1.54) is 37.8 Å². The number of benzene rings is 1. The molecule has 0 unspecified atom stereocenters.